The molecule has 0 bridgehead atoms. The lowest BCUT2D eigenvalue weighted by atomic mass is 10.0. The summed E-state index contributed by atoms with van der Waals surface area (Å²) in [6.45, 7) is 4.95. The minimum atomic E-state index is -1.82. The van der Waals surface area contributed by atoms with Gasteiger partial charge in [-0.1, -0.05) is 110 Å². The van der Waals surface area contributed by atoms with Crippen LogP contribution < -0.4 is 15.3 Å². The average Bonchev–Trinajstić information content (AvgIpc) is 3.50. The first-order chi connectivity index (χ1) is 20.1. The van der Waals surface area contributed by atoms with Crippen LogP contribution in [-0.2, 0) is 0 Å². The van der Waals surface area contributed by atoms with Crippen LogP contribution in [0, 0.1) is 0 Å². The smallest absolute Gasteiger partial charge is 0.137 e. The van der Waals surface area contributed by atoms with Gasteiger partial charge >= 0.3 is 0 Å². The Balaban J connectivity index is 1.36. The molecule has 1 aliphatic rings. The normalized spacial score (nSPS) is 13.3. The molecule has 0 amide bonds. The fourth-order valence-corrected chi connectivity index (χ4v) is 9.72. The number of para-hydroxylation sites is 1. The predicted octanol–water partition coefficient (Wildman–Crippen LogP) is 9.53. The Labute approximate surface area is 241 Å². The molecule has 1 aliphatic heterocycles. The Bertz CT molecular complexity index is 2070. The molecule has 0 aliphatic carbocycles. The van der Waals surface area contributed by atoms with Crippen LogP contribution >= 0.6 is 0 Å². The van der Waals surface area contributed by atoms with Crippen molar-refractivity contribution in [2.75, 3.05) is 4.90 Å². The standard InChI is InChI=1S/C38H29NOSi/c1-41(2)36-17-9-7-14-32(36)38-33(15-10-18-37(38)41)39(28-21-19-27(20-22-28)26-11-4-3-5-12-26)29-23-24-31-30-13-6-8-16-34(30)40-35(31)25-29/h3-25H,1-2H3. The van der Waals surface area contributed by atoms with E-state index < -0.39 is 8.07 Å². The Hall–Kier alpha value is -4.86. The van der Waals surface area contributed by atoms with Gasteiger partial charge in [0.2, 0.25) is 0 Å². The summed E-state index contributed by atoms with van der Waals surface area (Å²) in [7, 11) is -1.82. The summed E-state index contributed by atoms with van der Waals surface area (Å²) in [6.07, 6.45) is 0. The fraction of sp³-hybridized carbons (Fsp3) is 0.0526. The van der Waals surface area contributed by atoms with E-state index in [4.69, 9.17) is 4.42 Å². The van der Waals surface area contributed by atoms with Crippen LogP contribution in [0.4, 0.5) is 17.1 Å². The number of rotatable bonds is 4. The van der Waals surface area contributed by atoms with E-state index in [0.29, 0.717) is 0 Å². The van der Waals surface area contributed by atoms with Crippen molar-refractivity contribution in [1.29, 1.82) is 0 Å². The molecule has 0 saturated heterocycles. The minimum absolute atomic E-state index is 0.900. The molecule has 196 valence electrons. The molecule has 2 heterocycles. The van der Waals surface area contributed by atoms with Crippen molar-refractivity contribution in [2.45, 2.75) is 13.1 Å². The zero-order chi connectivity index (χ0) is 27.6. The van der Waals surface area contributed by atoms with E-state index in [1.807, 2.05) is 12.1 Å². The maximum absolute atomic E-state index is 6.35. The van der Waals surface area contributed by atoms with Crippen molar-refractivity contribution < 1.29 is 4.42 Å². The van der Waals surface area contributed by atoms with Crippen LogP contribution in [0.5, 0.6) is 0 Å². The largest absolute Gasteiger partial charge is 0.456 e. The Morgan fingerprint density at radius 3 is 2.02 bits per heavy atom. The van der Waals surface area contributed by atoms with E-state index in [1.54, 1.807) is 0 Å². The zero-order valence-corrected chi connectivity index (χ0v) is 24.1. The van der Waals surface area contributed by atoms with Gasteiger partial charge in [-0.15, -0.1) is 0 Å². The van der Waals surface area contributed by atoms with E-state index in [9.17, 15) is 0 Å². The Kier molecular flexibility index (Phi) is 5.31. The molecular weight excluding hydrogens is 515 g/mol. The second-order valence-corrected chi connectivity index (χ2v) is 15.7. The van der Waals surface area contributed by atoms with Crippen LogP contribution in [0.1, 0.15) is 0 Å². The van der Waals surface area contributed by atoms with Crippen molar-refractivity contribution in [3.8, 4) is 22.3 Å². The maximum Gasteiger partial charge on any atom is 0.137 e. The van der Waals surface area contributed by atoms with E-state index >= 15 is 0 Å². The van der Waals surface area contributed by atoms with Crippen LogP contribution in [-0.4, -0.2) is 8.07 Å². The summed E-state index contributed by atoms with van der Waals surface area (Å²) in [5.74, 6) is 0. The first-order valence-electron chi connectivity index (χ1n) is 14.2. The summed E-state index contributed by atoms with van der Waals surface area (Å²) in [6, 6.07) is 50.3. The summed E-state index contributed by atoms with van der Waals surface area (Å²) in [5, 5.41) is 5.29. The van der Waals surface area contributed by atoms with E-state index in [-0.39, 0.29) is 0 Å². The minimum Gasteiger partial charge on any atom is -0.456 e. The van der Waals surface area contributed by atoms with Crippen LogP contribution in [0.25, 0.3) is 44.2 Å². The second-order valence-electron chi connectivity index (χ2n) is 11.4. The molecule has 1 aromatic heterocycles. The van der Waals surface area contributed by atoms with Gasteiger partial charge in [0.1, 0.15) is 19.2 Å². The number of nitrogens with zero attached hydrogens (tertiary/aromatic N) is 1. The molecule has 0 spiro atoms. The van der Waals surface area contributed by atoms with Gasteiger partial charge in [0.05, 0.1) is 5.69 Å². The molecule has 0 N–H and O–H groups in total. The van der Waals surface area contributed by atoms with Crippen LogP contribution in [0.2, 0.25) is 13.1 Å². The van der Waals surface area contributed by atoms with Gasteiger partial charge in [-0.3, -0.25) is 0 Å². The molecule has 0 unspecified atom stereocenters. The molecule has 2 nitrogen and oxygen atoms in total. The van der Waals surface area contributed by atoms with Gasteiger partial charge in [-0.25, -0.2) is 0 Å². The zero-order valence-electron chi connectivity index (χ0n) is 23.1. The molecule has 0 saturated carbocycles. The molecule has 3 heteroatoms. The van der Waals surface area contributed by atoms with E-state index in [2.05, 4.69) is 145 Å². The van der Waals surface area contributed by atoms with Gasteiger partial charge in [-0.2, -0.15) is 0 Å². The number of hydrogen-bond acceptors (Lipinski definition) is 2. The fourth-order valence-electron chi connectivity index (χ4n) is 6.64. The number of hydrogen-bond donors (Lipinski definition) is 0. The molecule has 8 rings (SSSR count). The lowest BCUT2D eigenvalue weighted by Crippen LogP contribution is -2.49. The van der Waals surface area contributed by atoms with Crippen LogP contribution in [0.3, 0.4) is 0 Å². The van der Waals surface area contributed by atoms with Gasteiger partial charge < -0.3 is 9.32 Å². The lowest BCUT2D eigenvalue weighted by Gasteiger charge is -2.28. The second kappa shape index (κ2) is 9.08. The lowest BCUT2D eigenvalue weighted by molar-refractivity contribution is 0.669. The Morgan fingerprint density at radius 1 is 0.512 bits per heavy atom. The topological polar surface area (TPSA) is 16.4 Å². The molecule has 41 heavy (non-hydrogen) atoms. The van der Waals surface area contributed by atoms with Gasteiger partial charge in [0.25, 0.3) is 0 Å². The highest BCUT2D eigenvalue weighted by molar-refractivity contribution is 7.04. The van der Waals surface area contributed by atoms with Crippen molar-refractivity contribution in [3.05, 3.63) is 140 Å². The summed E-state index contributed by atoms with van der Waals surface area (Å²) >= 11 is 0. The summed E-state index contributed by atoms with van der Waals surface area (Å²) < 4.78 is 6.35. The molecular formula is C38H29NOSi. The Morgan fingerprint density at radius 2 is 1.17 bits per heavy atom. The monoisotopic (exact) mass is 543 g/mol. The van der Waals surface area contributed by atoms with E-state index in [1.165, 1.54) is 38.3 Å². The summed E-state index contributed by atoms with van der Waals surface area (Å²) in [4.78, 5) is 2.41. The third-order valence-electron chi connectivity index (χ3n) is 8.68. The third-order valence-corrected chi connectivity index (χ3v) is 12.2. The number of fused-ring (bicyclic) bond motifs is 6. The average molecular weight is 544 g/mol. The van der Waals surface area contributed by atoms with Crippen LogP contribution in [0.15, 0.2) is 144 Å². The van der Waals surface area contributed by atoms with E-state index in [0.717, 1.165) is 33.3 Å². The predicted molar refractivity (Wildman–Crippen MR) is 176 cm³/mol. The summed E-state index contributed by atoms with van der Waals surface area (Å²) in [5.41, 5.74) is 10.4. The number of anilines is 3. The molecule has 6 aromatic carbocycles. The number of benzene rings is 6. The van der Waals surface area contributed by atoms with Crippen molar-refractivity contribution in [2.24, 2.45) is 0 Å². The molecule has 0 radical (unpaired) electrons. The van der Waals surface area contributed by atoms with Gasteiger partial charge in [0.15, 0.2) is 0 Å². The number of furan rings is 1. The van der Waals surface area contributed by atoms with Gasteiger partial charge in [-0.05, 0) is 63.5 Å². The molecule has 0 fully saturated rings. The first-order valence-corrected chi connectivity index (χ1v) is 17.2. The van der Waals surface area contributed by atoms with Crippen molar-refractivity contribution >= 4 is 57.4 Å². The first kappa shape index (κ1) is 24.0. The highest BCUT2D eigenvalue weighted by atomic mass is 28.3. The molecule has 0 atom stereocenters. The van der Waals surface area contributed by atoms with Crippen molar-refractivity contribution in [3.63, 3.8) is 0 Å². The third kappa shape index (κ3) is 3.70. The quantitative estimate of drug-likeness (QED) is 0.206. The maximum atomic E-state index is 6.35. The molecule has 7 aromatic rings. The van der Waals surface area contributed by atoms with Gasteiger partial charge in [0, 0.05) is 33.8 Å². The van der Waals surface area contributed by atoms with Crippen molar-refractivity contribution in [1.82, 2.24) is 0 Å². The highest BCUT2D eigenvalue weighted by Gasteiger charge is 2.39. The highest BCUT2D eigenvalue weighted by Crippen LogP contribution is 2.44. The SMILES string of the molecule is C[Si]1(C)c2ccccc2-c2c(N(c3ccc(-c4ccccc4)cc3)c3ccc4c(c3)oc3ccccc34)cccc21.